The zero-order valence-electron chi connectivity index (χ0n) is 13.0. The van der Waals surface area contributed by atoms with E-state index in [1.165, 1.54) is 6.92 Å². The second-order valence-electron chi connectivity index (χ2n) is 5.93. The van der Waals surface area contributed by atoms with E-state index in [1.54, 1.807) is 0 Å². The summed E-state index contributed by atoms with van der Waals surface area (Å²) < 4.78 is 10.7. The highest BCUT2D eigenvalue weighted by atomic mass is 16.6. The highest BCUT2D eigenvalue weighted by Gasteiger charge is 2.45. The minimum absolute atomic E-state index is 0.283. The summed E-state index contributed by atoms with van der Waals surface area (Å²) in [6.07, 6.45) is 1.50. The lowest BCUT2D eigenvalue weighted by atomic mass is 9.84. The summed E-state index contributed by atoms with van der Waals surface area (Å²) in [5.41, 5.74) is 1.86. The number of rotatable bonds is 1. The van der Waals surface area contributed by atoms with Crippen LogP contribution in [0.3, 0.4) is 0 Å². The molecular weight excluding hydrogens is 284 g/mol. The van der Waals surface area contributed by atoms with E-state index < -0.39 is 30.3 Å². The molecule has 0 unspecified atom stereocenters. The van der Waals surface area contributed by atoms with E-state index in [9.17, 15) is 14.7 Å². The average molecular weight is 306 g/mol. The van der Waals surface area contributed by atoms with Gasteiger partial charge >= 0.3 is 11.9 Å². The fraction of sp³-hybridized carbons (Fsp3) is 0.529. The van der Waals surface area contributed by atoms with Crippen molar-refractivity contribution in [3.05, 3.63) is 36.0 Å². The van der Waals surface area contributed by atoms with E-state index in [0.29, 0.717) is 30.4 Å². The Morgan fingerprint density at radius 3 is 2.77 bits per heavy atom. The summed E-state index contributed by atoms with van der Waals surface area (Å²) >= 11 is 0. The molecule has 2 aliphatic rings. The van der Waals surface area contributed by atoms with E-state index >= 15 is 0 Å². The number of esters is 2. The molecule has 5 nitrogen and oxygen atoms in total. The van der Waals surface area contributed by atoms with Gasteiger partial charge in [0.1, 0.15) is 0 Å². The molecule has 0 aromatic carbocycles. The van der Waals surface area contributed by atoms with Gasteiger partial charge in [-0.25, -0.2) is 4.79 Å². The molecule has 0 aromatic rings. The van der Waals surface area contributed by atoms with Crippen molar-refractivity contribution >= 4 is 11.9 Å². The maximum atomic E-state index is 11.9. The quantitative estimate of drug-likeness (QED) is 0.456. The molecule has 4 atom stereocenters. The van der Waals surface area contributed by atoms with E-state index in [2.05, 4.69) is 13.2 Å². The van der Waals surface area contributed by atoms with Crippen LogP contribution in [0.1, 0.15) is 33.1 Å². The number of fused-ring (bicyclic) bond motifs is 1. The Labute approximate surface area is 130 Å². The van der Waals surface area contributed by atoms with Crippen molar-refractivity contribution < 1.29 is 24.2 Å². The summed E-state index contributed by atoms with van der Waals surface area (Å²) in [7, 11) is 0. The fourth-order valence-corrected chi connectivity index (χ4v) is 2.88. The Kier molecular flexibility index (Phi) is 4.86. The Bertz CT molecular complexity index is 545. The molecule has 5 heteroatoms. The van der Waals surface area contributed by atoms with Crippen LogP contribution in [0.2, 0.25) is 0 Å². The van der Waals surface area contributed by atoms with Crippen molar-refractivity contribution in [1.29, 1.82) is 0 Å². The zero-order chi connectivity index (χ0) is 16.4. The molecule has 22 heavy (non-hydrogen) atoms. The van der Waals surface area contributed by atoms with Gasteiger partial charge in [0.15, 0.2) is 12.2 Å². The number of hydrogen-bond donors (Lipinski definition) is 1. The molecule has 0 spiro atoms. The normalized spacial score (nSPS) is 35.2. The molecule has 0 bridgehead atoms. The monoisotopic (exact) mass is 306 g/mol. The number of allylic oxidation sites excluding steroid dienone is 1. The van der Waals surface area contributed by atoms with Crippen LogP contribution >= 0.6 is 0 Å². The number of ether oxygens (including phenoxy) is 2. The molecule has 1 heterocycles. The van der Waals surface area contributed by atoms with Gasteiger partial charge in [-0.3, -0.25) is 4.79 Å². The van der Waals surface area contributed by atoms with Gasteiger partial charge < -0.3 is 14.6 Å². The molecular formula is C17H22O5. The van der Waals surface area contributed by atoms with E-state index in [1.807, 2.05) is 13.0 Å². The summed E-state index contributed by atoms with van der Waals surface area (Å²) in [5.74, 6) is -1.21. The molecule has 1 fully saturated rings. The first kappa shape index (κ1) is 16.5. The van der Waals surface area contributed by atoms with Gasteiger partial charge in [-0.15, -0.1) is 0 Å². The van der Waals surface area contributed by atoms with Crippen molar-refractivity contribution in [2.75, 3.05) is 0 Å². The van der Waals surface area contributed by atoms with Crippen LogP contribution in [0.25, 0.3) is 0 Å². The topological polar surface area (TPSA) is 72.8 Å². The van der Waals surface area contributed by atoms with Crippen molar-refractivity contribution in [2.45, 2.75) is 51.4 Å². The lowest BCUT2D eigenvalue weighted by Crippen LogP contribution is -2.37. The van der Waals surface area contributed by atoms with Gasteiger partial charge in [-0.1, -0.05) is 19.2 Å². The first-order valence-corrected chi connectivity index (χ1v) is 7.40. The molecule has 1 saturated heterocycles. The largest absolute Gasteiger partial charge is 0.454 e. The summed E-state index contributed by atoms with van der Waals surface area (Å²) in [6.45, 7) is 10.9. The predicted molar refractivity (Wildman–Crippen MR) is 80.8 cm³/mol. The third-order valence-electron chi connectivity index (χ3n) is 4.30. The smallest absolute Gasteiger partial charge is 0.334 e. The maximum Gasteiger partial charge on any atom is 0.334 e. The predicted octanol–water partition coefficient (Wildman–Crippen LogP) is 2.06. The number of hydrogen-bond acceptors (Lipinski definition) is 5. The van der Waals surface area contributed by atoms with Gasteiger partial charge in [-0.05, 0) is 37.3 Å². The SMILES string of the molecule is C=C1CC[C@H](O)/C(C)=C/C[C@H]2C(=C)C(=O)O[C@@H]2[C@@H]1OC(C)=O. The van der Waals surface area contributed by atoms with Crippen LogP contribution in [-0.2, 0) is 19.1 Å². The second-order valence-corrected chi connectivity index (χ2v) is 5.93. The van der Waals surface area contributed by atoms with E-state index in [4.69, 9.17) is 9.47 Å². The van der Waals surface area contributed by atoms with Crippen molar-refractivity contribution in [3.63, 3.8) is 0 Å². The van der Waals surface area contributed by atoms with Crippen LogP contribution in [0.15, 0.2) is 36.0 Å². The minimum atomic E-state index is -0.704. The molecule has 2 rings (SSSR count). The van der Waals surface area contributed by atoms with Crippen LogP contribution < -0.4 is 0 Å². The van der Waals surface area contributed by atoms with E-state index in [-0.39, 0.29) is 5.92 Å². The third-order valence-corrected chi connectivity index (χ3v) is 4.30. The maximum absolute atomic E-state index is 11.9. The van der Waals surface area contributed by atoms with Gasteiger partial charge in [0.05, 0.1) is 6.10 Å². The Hall–Kier alpha value is -1.88. The van der Waals surface area contributed by atoms with Crippen LogP contribution in [0.4, 0.5) is 0 Å². The van der Waals surface area contributed by atoms with Crippen LogP contribution in [0.5, 0.6) is 0 Å². The molecule has 1 aliphatic heterocycles. The Balaban J connectivity index is 2.37. The van der Waals surface area contributed by atoms with E-state index in [0.717, 1.165) is 5.57 Å². The lowest BCUT2D eigenvalue weighted by Gasteiger charge is -2.29. The zero-order valence-corrected chi connectivity index (χ0v) is 13.0. The van der Waals surface area contributed by atoms with Gasteiger partial charge in [0.2, 0.25) is 0 Å². The summed E-state index contributed by atoms with van der Waals surface area (Å²) in [4.78, 5) is 23.2. The molecule has 1 aliphatic carbocycles. The molecule has 0 saturated carbocycles. The third kappa shape index (κ3) is 3.30. The van der Waals surface area contributed by atoms with Crippen molar-refractivity contribution in [1.82, 2.24) is 0 Å². The van der Waals surface area contributed by atoms with Crippen LogP contribution in [-0.4, -0.2) is 35.4 Å². The lowest BCUT2D eigenvalue weighted by molar-refractivity contribution is -0.157. The first-order chi connectivity index (χ1) is 10.3. The van der Waals surface area contributed by atoms with Crippen molar-refractivity contribution in [3.8, 4) is 0 Å². The number of carbonyl (C=O) groups is 2. The minimum Gasteiger partial charge on any atom is -0.454 e. The Morgan fingerprint density at radius 1 is 1.45 bits per heavy atom. The highest BCUT2D eigenvalue weighted by Crippen LogP contribution is 2.37. The van der Waals surface area contributed by atoms with Crippen molar-refractivity contribution in [2.24, 2.45) is 5.92 Å². The van der Waals surface area contributed by atoms with Gasteiger partial charge in [0, 0.05) is 18.4 Å². The number of carbonyl (C=O) groups excluding carboxylic acids is 2. The van der Waals surface area contributed by atoms with Gasteiger partial charge in [0.25, 0.3) is 0 Å². The van der Waals surface area contributed by atoms with Gasteiger partial charge in [-0.2, -0.15) is 0 Å². The highest BCUT2D eigenvalue weighted by molar-refractivity contribution is 5.91. The standard InChI is InChI=1S/C17H22O5/c1-9-5-7-13-11(3)17(20)22-16(13)15(21-12(4)18)10(2)6-8-14(9)19/h5,13-16,19H,2-3,6-8H2,1,4H3/b9-5+/t13-,14-,15+,16-/m0/s1. The van der Waals surface area contributed by atoms with Crippen LogP contribution in [0, 0.1) is 5.92 Å². The molecule has 0 amide bonds. The number of aliphatic hydroxyl groups excluding tert-OH is 1. The summed E-state index contributed by atoms with van der Waals surface area (Å²) in [6, 6.07) is 0. The second kappa shape index (κ2) is 6.48. The molecule has 0 radical (unpaired) electrons. The Morgan fingerprint density at radius 2 is 2.14 bits per heavy atom. The average Bonchev–Trinajstić information content (AvgIpc) is 2.73. The molecule has 120 valence electrons. The number of aliphatic hydroxyl groups is 1. The first-order valence-electron chi connectivity index (χ1n) is 7.40. The fourth-order valence-electron chi connectivity index (χ4n) is 2.88. The summed E-state index contributed by atoms with van der Waals surface area (Å²) in [5, 5.41) is 10.1. The molecule has 0 aromatic heterocycles. The molecule has 1 N–H and O–H groups in total.